The molecule has 0 saturated carbocycles. The number of carbonyl (C=O) groups is 1. The van der Waals surface area contributed by atoms with Crippen LogP contribution in [0.15, 0.2) is 34.6 Å². The molecule has 0 unspecified atom stereocenters. The Morgan fingerprint density at radius 1 is 1.38 bits per heavy atom. The van der Waals surface area contributed by atoms with E-state index in [1.54, 1.807) is 25.1 Å². The van der Waals surface area contributed by atoms with Gasteiger partial charge in [-0.25, -0.2) is 9.89 Å². The van der Waals surface area contributed by atoms with Crippen molar-refractivity contribution in [2.75, 3.05) is 6.54 Å². The summed E-state index contributed by atoms with van der Waals surface area (Å²) in [6.07, 6.45) is 2.24. The minimum absolute atomic E-state index is 0.164. The highest BCUT2D eigenvalue weighted by molar-refractivity contribution is 6.30. The number of hydrogen-bond donors (Lipinski definition) is 3. The third-order valence-electron chi connectivity index (χ3n) is 2.81. The Balaban J connectivity index is 1.87. The molecule has 2 aromatic rings. The van der Waals surface area contributed by atoms with E-state index in [2.05, 4.69) is 20.5 Å². The third-order valence-corrected chi connectivity index (χ3v) is 3.06. The van der Waals surface area contributed by atoms with E-state index in [1.807, 2.05) is 12.1 Å². The van der Waals surface area contributed by atoms with Crippen molar-refractivity contribution in [3.63, 3.8) is 0 Å². The van der Waals surface area contributed by atoms with E-state index in [0.29, 0.717) is 29.4 Å². The first-order chi connectivity index (χ1) is 10.0. The van der Waals surface area contributed by atoms with Crippen molar-refractivity contribution in [2.24, 2.45) is 0 Å². The highest BCUT2D eigenvalue weighted by Gasteiger charge is 2.05. The largest absolute Gasteiger partial charge is 0.352 e. The molecule has 21 heavy (non-hydrogen) atoms. The second-order valence-corrected chi connectivity index (χ2v) is 4.95. The van der Waals surface area contributed by atoms with E-state index >= 15 is 0 Å². The Bertz CT molecular complexity index is 700. The van der Waals surface area contributed by atoms with Crippen molar-refractivity contribution >= 4 is 23.6 Å². The molecule has 0 saturated heterocycles. The molecule has 1 aromatic carbocycles. The zero-order chi connectivity index (χ0) is 15.2. The molecule has 0 spiro atoms. The number of nitrogens with one attached hydrogen (secondary N) is 3. The van der Waals surface area contributed by atoms with Crippen LogP contribution in [0.4, 0.5) is 0 Å². The second-order valence-electron chi connectivity index (χ2n) is 4.51. The summed E-state index contributed by atoms with van der Waals surface area (Å²) in [7, 11) is 0. The van der Waals surface area contributed by atoms with Crippen LogP contribution in [-0.2, 0) is 11.2 Å². The Morgan fingerprint density at radius 3 is 2.71 bits per heavy atom. The van der Waals surface area contributed by atoms with Crippen molar-refractivity contribution in [1.29, 1.82) is 0 Å². The topological polar surface area (TPSA) is 90.6 Å². The Labute approximate surface area is 126 Å². The summed E-state index contributed by atoms with van der Waals surface area (Å²) in [5.41, 5.74) is 1.15. The van der Waals surface area contributed by atoms with E-state index in [0.717, 1.165) is 5.56 Å². The standard InChI is InChI=1S/C14H15ClN4O2/c1-9(8-10-2-4-11(15)5-3-10)13(20)16-7-6-12-17-14(21)19-18-12/h2-5,8H,6-7H2,1H3,(H,16,20)(H2,17,18,19,21)/b9-8-. The number of aromatic nitrogens is 3. The van der Waals surface area contributed by atoms with Crippen LogP contribution in [0.3, 0.4) is 0 Å². The fourth-order valence-corrected chi connectivity index (χ4v) is 1.86. The van der Waals surface area contributed by atoms with Crippen LogP contribution in [-0.4, -0.2) is 27.6 Å². The molecule has 1 amide bonds. The Kier molecular flexibility index (Phi) is 4.94. The van der Waals surface area contributed by atoms with E-state index in [-0.39, 0.29) is 11.6 Å². The van der Waals surface area contributed by atoms with Gasteiger partial charge in [-0.05, 0) is 30.7 Å². The minimum Gasteiger partial charge on any atom is -0.352 e. The summed E-state index contributed by atoms with van der Waals surface area (Å²) in [5, 5.41) is 9.45. The molecule has 110 valence electrons. The van der Waals surface area contributed by atoms with Gasteiger partial charge < -0.3 is 5.32 Å². The van der Waals surface area contributed by atoms with Crippen LogP contribution in [0.5, 0.6) is 0 Å². The monoisotopic (exact) mass is 306 g/mol. The lowest BCUT2D eigenvalue weighted by atomic mass is 10.1. The van der Waals surface area contributed by atoms with Gasteiger partial charge >= 0.3 is 5.69 Å². The van der Waals surface area contributed by atoms with E-state index < -0.39 is 0 Å². The van der Waals surface area contributed by atoms with Gasteiger partial charge in [0.05, 0.1) is 0 Å². The molecule has 0 bridgehead atoms. The maximum atomic E-state index is 11.9. The van der Waals surface area contributed by atoms with Crippen molar-refractivity contribution in [3.05, 3.63) is 56.7 Å². The molecule has 3 N–H and O–H groups in total. The number of benzene rings is 1. The first-order valence-electron chi connectivity index (χ1n) is 6.40. The zero-order valence-corrected chi connectivity index (χ0v) is 12.2. The summed E-state index contributed by atoms with van der Waals surface area (Å²) >= 11 is 5.81. The number of halogens is 1. The van der Waals surface area contributed by atoms with Gasteiger partial charge in [-0.15, -0.1) is 0 Å². The maximum Gasteiger partial charge on any atom is 0.340 e. The van der Waals surface area contributed by atoms with Gasteiger partial charge in [0, 0.05) is 23.6 Å². The fourth-order valence-electron chi connectivity index (χ4n) is 1.73. The van der Waals surface area contributed by atoms with E-state index in [1.165, 1.54) is 0 Å². The number of aromatic amines is 2. The van der Waals surface area contributed by atoms with Gasteiger partial charge in [0.1, 0.15) is 5.82 Å². The lowest BCUT2D eigenvalue weighted by Crippen LogP contribution is -2.26. The summed E-state index contributed by atoms with van der Waals surface area (Å²) in [6.45, 7) is 2.13. The zero-order valence-electron chi connectivity index (χ0n) is 11.4. The molecule has 6 nitrogen and oxygen atoms in total. The Hall–Kier alpha value is -2.34. The van der Waals surface area contributed by atoms with Gasteiger partial charge in [-0.1, -0.05) is 23.7 Å². The Morgan fingerprint density at radius 2 is 2.10 bits per heavy atom. The van der Waals surface area contributed by atoms with Crippen LogP contribution in [0.1, 0.15) is 18.3 Å². The van der Waals surface area contributed by atoms with Crippen molar-refractivity contribution in [1.82, 2.24) is 20.5 Å². The average molecular weight is 307 g/mol. The van der Waals surface area contributed by atoms with Gasteiger partial charge in [-0.2, -0.15) is 5.10 Å². The van der Waals surface area contributed by atoms with E-state index in [4.69, 9.17) is 11.6 Å². The van der Waals surface area contributed by atoms with Crippen LogP contribution in [0.25, 0.3) is 6.08 Å². The molecule has 0 aliphatic carbocycles. The number of H-pyrrole nitrogens is 2. The lowest BCUT2D eigenvalue weighted by molar-refractivity contribution is -0.117. The third kappa shape index (κ3) is 4.61. The molecule has 0 atom stereocenters. The first kappa shape index (κ1) is 15.1. The van der Waals surface area contributed by atoms with Crippen LogP contribution in [0, 0.1) is 0 Å². The molecule has 0 aliphatic rings. The minimum atomic E-state index is -0.352. The fraction of sp³-hybridized carbons (Fsp3) is 0.214. The van der Waals surface area contributed by atoms with Gasteiger partial charge in [-0.3, -0.25) is 9.78 Å². The highest BCUT2D eigenvalue weighted by atomic mass is 35.5. The predicted octanol–water partition coefficient (Wildman–Crippen LogP) is 1.51. The quantitative estimate of drug-likeness (QED) is 0.731. The first-order valence-corrected chi connectivity index (χ1v) is 6.78. The molecule has 1 aromatic heterocycles. The highest BCUT2D eigenvalue weighted by Crippen LogP contribution is 2.12. The number of nitrogens with zero attached hydrogens (tertiary/aromatic N) is 1. The molecule has 0 fully saturated rings. The smallest absolute Gasteiger partial charge is 0.340 e. The predicted molar refractivity (Wildman–Crippen MR) is 81.0 cm³/mol. The average Bonchev–Trinajstić information content (AvgIpc) is 2.87. The number of carbonyl (C=O) groups excluding carboxylic acids is 1. The van der Waals surface area contributed by atoms with Crippen molar-refractivity contribution in [2.45, 2.75) is 13.3 Å². The van der Waals surface area contributed by atoms with Gasteiger partial charge in [0.15, 0.2) is 0 Å². The lowest BCUT2D eigenvalue weighted by Gasteiger charge is -2.04. The van der Waals surface area contributed by atoms with Crippen LogP contribution < -0.4 is 11.0 Å². The maximum absolute atomic E-state index is 11.9. The van der Waals surface area contributed by atoms with E-state index in [9.17, 15) is 9.59 Å². The summed E-state index contributed by atoms with van der Waals surface area (Å²) in [5.74, 6) is 0.350. The SMILES string of the molecule is C/C(=C/c1ccc(Cl)cc1)C(=O)NCCc1n[nH]c(=O)[nH]1. The molecule has 7 heteroatoms. The number of amides is 1. The molecular formula is C14H15ClN4O2. The molecular weight excluding hydrogens is 292 g/mol. The summed E-state index contributed by atoms with van der Waals surface area (Å²) < 4.78 is 0. The number of hydrogen-bond acceptors (Lipinski definition) is 3. The van der Waals surface area contributed by atoms with Gasteiger partial charge in [0.2, 0.25) is 5.91 Å². The normalized spacial score (nSPS) is 11.4. The molecule has 0 aliphatic heterocycles. The molecule has 1 heterocycles. The van der Waals surface area contributed by atoms with Gasteiger partial charge in [0.25, 0.3) is 0 Å². The molecule has 0 radical (unpaired) electrons. The number of rotatable bonds is 5. The van der Waals surface area contributed by atoms with Crippen LogP contribution in [0.2, 0.25) is 5.02 Å². The van der Waals surface area contributed by atoms with Crippen molar-refractivity contribution < 1.29 is 4.79 Å². The van der Waals surface area contributed by atoms with Crippen LogP contribution >= 0.6 is 11.6 Å². The van der Waals surface area contributed by atoms with Crippen molar-refractivity contribution in [3.8, 4) is 0 Å². The summed E-state index contributed by atoms with van der Waals surface area (Å²) in [4.78, 5) is 25.3. The molecule has 2 rings (SSSR count). The second kappa shape index (κ2) is 6.90. The summed E-state index contributed by atoms with van der Waals surface area (Å²) in [6, 6.07) is 7.22.